The zero-order valence-electron chi connectivity index (χ0n) is 14.2. The molecule has 1 aliphatic rings. The minimum Gasteiger partial charge on any atom is -0.355 e. The van der Waals surface area contributed by atoms with Crippen molar-refractivity contribution in [1.29, 1.82) is 0 Å². The second kappa shape index (κ2) is 8.19. The number of carbonyl (C=O) groups excluding carboxylic acids is 3. The third-order valence-electron chi connectivity index (χ3n) is 3.98. The van der Waals surface area contributed by atoms with Gasteiger partial charge in [-0.1, -0.05) is 0 Å². The first kappa shape index (κ1) is 18.3. The molecule has 0 saturated carbocycles. The van der Waals surface area contributed by atoms with E-state index in [-0.39, 0.29) is 24.1 Å². The van der Waals surface area contributed by atoms with Gasteiger partial charge in [0.25, 0.3) is 0 Å². The summed E-state index contributed by atoms with van der Waals surface area (Å²) in [6.07, 6.45) is 2.16. The summed E-state index contributed by atoms with van der Waals surface area (Å²) in [6.45, 7) is 4.31. The molecule has 1 heterocycles. The summed E-state index contributed by atoms with van der Waals surface area (Å²) in [4.78, 5) is 39.0. The lowest BCUT2D eigenvalue weighted by atomic mass is 10.1. The SMILES string of the molecule is CCNC(=O)[C@H](C)NC(=O)[C@H]1CC(=O)N(c2ccc(SC)cc2)C1. The highest BCUT2D eigenvalue weighted by molar-refractivity contribution is 7.98. The monoisotopic (exact) mass is 349 g/mol. The van der Waals surface area contributed by atoms with E-state index >= 15 is 0 Å². The molecule has 0 aromatic heterocycles. The van der Waals surface area contributed by atoms with Crippen molar-refractivity contribution < 1.29 is 14.4 Å². The molecule has 0 unspecified atom stereocenters. The first-order chi connectivity index (χ1) is 11.5. The van der Waals surface area contributed by atoms with Crippen molar-refractivity contribution in [3.63, 3.8) is 0 Å². The van der Waals surface area contributed by atoms with E-state index in [0.29, 0.717) is 13.1 Å². The van der Waals surface area contributed by atoms with Crippen LogP contribution < -0.4 is 15.5 Å². The van der Waals surface area contributed by atoms with E-state index in [9.17, 15) is 14.4 Å². The van der Waals surface area contributed by atoms with Crippen LogP contribution in [-0.2, 0) is 14.4 Å². The third-order valence-corrected chi connectivity index (χ3v) is 4.73. The number of benzene rings is 1. The first-order valence-electron chi connectivity index (χ1n) is 7.98. The lowest BCUT2D eigenvalue weighted by molar-refractivity contribution is -0.130. The van der Waals surface area contributed by atoms with Gasteiger partial charge in [0.2, 0.25) is 17.7 Å². The molecule has 1 aliphatic heterocycles. The van der Waals surface area contributed by atoms with Crippen molar-refractivity contribution in [3.8, 4) is 0 Å². The number of hydrogen-bond acceptors (Lipinski definition) is 4. The normalized spacial score (nSPS) is 18.4. The van der Waals surface area contributed by atoms with Crippen LogP contribution in [0.15, 0.2) is 29.2 Å². The summed E-state index contributed by atoms with van der Waals surface area (Å²) in [5.41, 5.74) is 0.796. The smallest absolute Gasteiger partial charge is 0.242 e. The van der Waals surface area contributed by atoms with Gasteiger partial charge in [-0.25, -0.2) is 0 Å². The summed E-state index contributed by atoms with van der Waals surface area (Å²) < 4.78 is 0. The number of nitrogens with one attached hydrogen (secondary N) is 2. The lowest BCUT2D eigenvalue weighted by Crippen LogP contribution is -2.47. The Hall–Kier alpha value is -2.02. The Balaban J connectivity index is 1.98. The van der Waals surface area contributed by atoms with Gasteiger partial charge in [-0.2, -0.15) is 0 Å². The average Bonchev–Trinajstić information content (AvgIpc) is 2.97. The molecule has 24 heavy (non-hydrogen) atoms. The van der Waals surface area contributed by atoms with Gasteiger partial charge in [0, 0.05) is 30.1 Å². The van der Waals surface area contributed by atoms with E-state index in [4.69, 9.17) is 0 Å². The number of carbonyl (C=O) groups is 3. The Labute approximate surface area is 146 Å². The molecule has 0 aliphatic carbocycles. The summed E-state index contributed by atoms with van der Waals surface area (Å²) >= 11 is 1.63. The third kappa shape index (κ3) is 4.29. The molecule has 0 bridgehead atoms. The highest BCUT2D eigenvalue weighted by Gasteiger charge is 2.35. The molecule has 3 amide bonds. The van der Waals surface area contributed by atoms with Gasteiger partial charge in [0.05, 0.1) is 5.92 Å². The standard InChI is InChI=1S/C17H23N3O3S/c1-4-18-16(22)11(2)19-17(23)12-9-15(21)20(10-12)13-5-7-14(24-3)8-6-13/h5-8,11-12H,4,9-10H2,1-3H3,(H,18,22)(H,19,23)/t11-,12-/m0/s1. The lowest BCUT2D eigenvalue weighted by Gasteiger charge is -2.18. The molecular weight excluding hydrogens is 326 g/mol. The van der Waals surface area contributed by atoms with Crippen LogP contribution in [0, 0.1) is 5.92 Å². The zero-order chi connectivity index (χ0) is 17.7. The number of thioether (sulfide) groups is 1. The molecular formula is C17H23N3O3S. The second-order valence-electron chi connectivity index (χ2n) is 5.73. The molecule has 2 N–H and O–H groups in total. The van der Waals surface area contributed by atoms with Gasteiger partial charge in [-0.15, -0.1) is 11.8 Å². The quantitative estimate of drug-likeness (QED) is 0.761. The van der Waals surface area contributed by atoms with Gasteiger partial charge in [-0.3, -0.25) is 14.4 Å². The largest absolute Gasteiger partial charge is 0.355 e. The molecule has 2 atom stereocenters. The Morgan fingerprint density at radius 3 is 2.58 bits per heavy atom. The molecule has 0 spiro atoms. The summed E-state index contributed by atoms with van der Waals surface area (Å²) in [5.74, 6) is -0.989. The van der Waals surface area contributed by atoms with Crippen LogP contribution in [0.25, 0.3) is 0 Å². The maximum Gasteiger partial charge on any atom is 0.242 e. The van der Waals surface area contributed by atoms with Gasteiger partial charge >= 0.3 is 0 Å². The van der Waals surface area contributed by atoms with Crippen LogP contribution in [-0.4, -0.2) is 43.1 Å². The first-order valence-corrected chi connectivity index (χ1v) is 9.21. The van der Waals surface area contributed by atoms with E-state index in [1.807, 2.05) is 37.4 Å². The molecule has 1 saturated heterocycles. The van der Waals surface area contributed by atoms with Crippen molar-refractivity contribution >= 4 is 35.2 Å². The topological polar surface area (TPSA) is 78.5 Å². The fraction of sp³-hybridized carbons (Fsp3) is 0.471. The minimum atomic E-state index is -0.609. The Morgan fingerprint density at radius 2 is 2.00 bits per heavy atom. The minimum absolute atomic E-state index is 0.0716. The molecule has 130 valence electrons. The van der Waals surface area contributed by atoms with Crippen LogP contribution >= 0.6 is 11.8 Å². The van der Waals surface area contributed by atoms with Gasteiger partial charge in [-0.05, 0) is 44.4 Å². The highest BCUT2D eigenvalue weighted by Crippen LogP contribution is 2.27. The van der Waals surface area contributed by atoms with Gasteiger partial charge in [0.1, 0.15) is 6.04 Å². The van der Waals surface area contributed by atoms with E-state index < -0.39 is 12.0 Å². The average molecular weight is 349 g/mol. The summed E-state index contributed by atoms with van der Waals surface area (Å²) in [7, 11) is 0. The molecule has 0 radical (unpaired) electrons. The van der Waals surface area contributed by atoms with Crippen LogP contribution in [0.1, 0.15) is 20.3 Å². The molecule has 1 aromatic rings. The van der Waals surface area contributed by atoms with E-state index in [2.05, 4.69) is 10.6 Å². The van der Waals surface area contributed by atoms with Crippen molar-refractivity contribution in [3.05, 3.63) is 24.3 Å². The maximum absolute atomic E-state index is 12.3. The Kier molecular flexibility index (Phi) is 6.25. The number of hydrogen-bond donors (Lipinski definition) is 2. The second-order valence-corrected chi connectivity index (χ2v) is 6.61. The van der Waals surface area contributed by atoms with E-state index in [0.717, 1.165) is 10.6 Å². The number of nitrogens with zero attached hydrogens (tertiary/aromatic N) is 1. The highest BCUT2D eigenvalue weighted by atomic mass is 32.2. The summed E-state index contributed by atoms with van der Waals surface area (Å²) in [6, 6.07) is 7.08. The van der Waals surface area contributed by atoms with Gasteiger partial charge in [0.15, 0.2) is 0 Å². The fourth-order valence-electron chi connectivity index (χ4n) is 2.62. The predicted octanol–water partition coefficient (Wildman–Crippen LogP) is 1.40. The number of amides is 3. The number of likely N-dealkylation sites (N-methyl/N-ethyl adjacent to an activating group) is 1. The maximum atomic E-state index is 12.3. The van der Waals surface area contributed by atoms with E-state index in [1.54, 1.807) is 23.6 Å². The fourth-order valence-corrected chi connectivity index (χ4v) is 3.03. The molecule has 1 fully saturated rings. The van der Waals surface area contributed by atoms with Crippen molar-refractivity contribution in [2.75, 3.05) is 24.2 Å². The predicted molar refractivity (Wildman–Crippen MR) is 95.0 cm³/mol. The zero-order valence-corrected chi connectivity index (χ0v) is 15.0. The Bertz CT molecular complexity index is 618. The van der Waals surface area contributed by atoms with Crippen LogP contribution in [0.2, 0.25) is 0 Å². The summed E-state index contributed by atoms with van der Waals surface area (Å²) in [5, 5.41) is 5.35. The molecule has 7 heteroatoms. The van der Waals surface area contributed by atoms with Crippen molar-refractivity contribution in [1.82, 2.24) is 10.6 Å². The number of anilines is 1. The van der Waals surface area contributed by atoms with Crippen LogP contribution in [0.5, 0.6) is 0 Å². The molecule has 6 nitrogen and oxygen atoms in total. The van der Waals surface area contributed by atoms with Crippen LogP contribution in [0.3, 0.4) is 0 Å². The van der Waals surface area contributed by atoms with Gasteiger partial charge < -0.3 is 15.5 Å². The molecule has 2 rings (SSSR count). The van der Waals surface area contributed by atoms with Crippen molar-refractivity contribution in [2.24, 2.45) is 5.92 Å². The molecule has 1 aromatic carbocycles. The van der Waals surface area contributed by atoms with Crippen molar-refractivity contribution in [2.45, 2.75) is 31.2 Å². The Morgan fingerprint density at radius 1 is 1.33 bits per heavy atom. The van der Waals surface area contributed by atoms with Crippen LogP contribution in [0.4, 0.5) is 5.69 Å². The van der Waals surface area contributed by atoms with E-state index in [1.165, 1.54) is 0 Å². The number of rotatable bonds is 6.